The molecule has 0 aliphatic rings. The first-order valence-corrected chi connectivity index (χ1v) is 4.09. The summed E-state index contributed by atoms with van der Waals surface area (Å²) in [6.07, 6.45) is 2.00. The van der Waals surface area contributed by atoms with Gasteiger partial charge < -0.3 is 20.0 Å². The molecular weight excluding hydrogens is 293 g/mol. The molecule has 0 saturated heterocycles. The van der Waals surface area contributed by atoms with Crippen molar-refractivity contribution in [3.63, 3.8) is 0 Å². The number of halogens is 1. The predicted octanol–water partition coefficient (Wildman–Crippen LogP) is 3.08. The Labute approximate surface area is 62.2 Å². The number of hydrogen-bond acceptors (Lipinski definition) is 0. The standard InChI is InChI=1S/C3H7.CH3.ClH.H2N.Pt/c1-3-2;;;;/h3H,1-2H3;1H3;1H;1H2;/q2*-1;;-1;+1/p-1. The first-order valence-electron chi connectivity index (χ1n) is 1.27. The van der Waals surface area contributed by atoms with Gasteiger partial charge in [-0.25, -0.2) is 0 Å². The maximum atomic E-state index is 4.61. The van der Waals surface area contributed by atoms with E-state index in [1.807, 2.05) is 20.3 Å². The second-order valence-corrected chi connectivity index (χ2v) is 0.577. The molecule has 2 N–H and O–H groups in total. The summed E-state index contributed by atoms with van der Waals surface area (Å²) in [5, 5.41) is 0. The van der Waals surface area contributed by atoms with E-state index in [-0.39, 0.29) is 13.6 Å². The van der Waals surface area contributed by atoms with Crippen molar-refractivity contribution in [1.82, 2.24) is 0 Å². The zero-order valence-electron chi connectivity index (χ0n) is 4.85. The van der Waals surface area contributed by atoms with Gasteiger partial charge in [0, 0.05) is 0 Å². The van der Waals surface area contributed by atoms with Gasteiger partial charge in [-0.3, -0.25) is 0 Å². The van der Waals surface area contributed by atoms with Crippen molar-refractivity contribution in [3.8, 4) is 0 Å². The topological polar surface area (TPSA) is 33.5 Å². The smallest absolute Gasteiger partial charge is 0.693 e. The molecule has 3 heteroatoms. The fourth-order valence-electron chi connectivity index (χ4n) is 0. The van der Waals surface area contributed by atoms with Crippen molar-refractivity contribution >= 4 is 9.42 Å². The van der Waals surface area contributed by atoms with Gasteiger partial charge in [0.2, 0.25) is 0 Å². The molecular formula is C4H12ClNPt-3. The Morgan fingerprint density at radius 2 is 1.29 bits per heavy atom. The third kappa shape index (κ3) is 192. The third-order valence-electron chi connectivity index (χ3n) is 0. The van der Waals surface area contributed by atoms with Crippen LogP contribution in [0.15, 0.2) is 0 Å². The van der Waals surface area contributed by atoms with Gasteiger partial charge in [-0.1, -0.05) is 0 Å². The van der Waals surface area contributed by atoms with Crippen molar-refractivity contribution in [2.75, 3.05) is 0 Å². The van der Waals surface area contributed by atoms with Crippen molar-refractivity contribution < 1.29 is 18.8 Å². The molecule has 0 atom stereocenters. The van der Waals surface area contributed by atoms with Crippen LogP contribution in [0.4, 0.5) is 0 Å². The third-order valence-corrected chi connectivity index (χ3v) is 0. The minimum absolute atomic E-state index is 0. The molecule has 0 amide bonds. The van der Waals surface area contributed by atoms with Crippen LogP contribution < -0.4 is 0 Å². The van der Waals surface area contributed by atoms with Crippen LogP contribution in [-0.2, 0) is 18.8 Å². The molecule has 1 nitrogen and oxygen atoms in total. The Morgan fingerprint density at radius 3 is 1.29 bits per heavy atom. The fraction of sp³-hybridized carbons (Fsp3) is 0.500. The van der Waals surface area contributed by atoms with Crippen LogP contribution in [0.25, 0.3) is 6.15 Å². The monoisotopic (exact) mass is 304 g/mol. The minimum Gasteiger partial charge on any atom is -0.693 e. The van der Waals surface area contributed by atoms with Crippen LogP contribution in [0.3, 0.4) is 0 Å². The summed E-state index contributed by atoms with van der Waals surface area (Å²) in [5.41, 5.74) is 0. The van der Waals surface area contributed by atoms with E-state index in [1.54, 1.807) is 18.8 Å². The SMILES string of the molecule is C[CH-]C.[CH3-].[Cl][Pt].[NH2-]. The van der Waals surface area contributed by atoms with Crippen LogP contribution in [0.5, 0.6) is 0 Å². The number of hydrogen-bond donors (Lipinski definition) is 0. The molecule has 0 radical (unpaired) electrons. The quantitative estimate of drug-likeness (QED) is 0.616. The van der Waals surface area contributed by atoms with Crippen molar-refractivity contribution in [3.05, 3.63) is 20.0 Å². The van der Waals surface area contributed by atoms with E-state index in [9.17, 15) is 0 Å². The average Bonchev–Trinajstić information content (AvgIpc) is 1.46. The van der Waals surface area contributed by atoms with Gasteiger partial charge in [-0.05, 0) is 0 Å². The van der Waals surface area contributed by atoms with Gasteiger partial charge >= 0.3 is 28.2 Å². The largest absolute Gasteiger partial charge is 0.693 e. The molecule has 0 unspecified atom stereocenters. The average molecular weight is 305 g/mol. The number of rotatable bonds is 0. The first kappa shape index (κ1) is 24.6. The summed E-state index contributed by atoms with van der Waals surface area (Å²) < 4.78 is 0. The molecule has 0 bridgehead atoms. The summed E-state index contributed by atoms with van der Waals surface area (Å²) >= 11 is 1.61. The van der Waals surface area contributed by atoms with Crippen LogP contribution in [0.1, 0.15) is 13.8 Å². The normalized spacial score (nSPS) is 3.57. The van der Waals surface area contributed by atoms with Crippen LogP contribution in [-0.4, -0.2) is 0 Å². The second-order valence-electron chi connectivity index (χ2n) is 0.577. The summed E-state index contributed by atoms with van der Waals surface area (Å²) in [7, 11) is 4.61. The summed E-state index contributed by atoms with van der Waals surface area (Å²) in [5.74, 6) is 0. The van der Waals surface area contributed by atoms with E-state index in [1.165, 1.54) is 0 Å². The van der Waals surface area contributed by atoms with E-state index in [0.29, 0.717) is 0 Å². The van der Waals surface area contributed by atoms with Gasteiger partial charge in [-0.2, -0.15) is 13.8 Å². The van der Waals surface area contributed by atoms with Gasteiger partial charge in [0.05, 0.1) is 0 Å². The summed E-state index contributed by atoms with van der Waals surface area (Å²) in [4.78, 5) is 0. The zero-order chi connectivity index (χ0) is 4.71. The molecule has 0 saturated carbocycles. The molecule has 0 aliphatic carbocycles. The number of nitrogens with two attached hydrogens (primary N) is 1. The molecule has 0 aromatic heterocycles. The van der Waals surface area contributed by atoms with E-state index in [0.717, 1.165) is 0 Å². The minimum atomic E-state index is 0. The fourth-order valence-corrected chi connectivity index (χ4v) is 0. The van der Waals surface area contributed by atoms with Crippen LogP contribution in [0.2, 0.25) is 0 Å². The Hall–Kier alpha value is 0.938. The zero-order valence-corrected chi connectivity index (χ0v) is 7.88. The molecule has 0 aromatic rings. The van der Waals surface area contributed by atoms with Crippen LogP contribution in [0, 0.1) is 13.8 Å². The Kier molecular flexibility index (Phi) is 229. The molecule has 0 aliphatic heterocycles. The van der Waals surface area contributed by atoms with E-state index in [4.69, 9.17) is 0 Å². The Bertz CT molecular complexity index is 11.7. The maximum Gasteiger partial charge on any atom is -0.693 e. The van der Waals surface area contributed by atoms with Crippen molar-refractivity contribution in [1.29, 1.82) is 0 Å². The summed E-state index contributed by atoms with van der Waals surface area (Å²) in [6.45, 7) is 4.00. The molecule has 0 rings (SSSR count). The molecule has 0 spiro atoms. The predicted molar refractivity (Wildman–Crippen MR) is 33.2 cm³/mol. The van der Waals surface area contributed by atoms with Crippen molar-refractivity contribution in [2.24, 2.45) is 0 Å². The van der Waals surface area contributed by atoms with E-state index in [2.05, 4.69) is 9.42 Å². The summed E-state index contributed by atoms with van der Waals surface area (Å²) in [6, 6.07) is 0. The van der Waals surface area contributed by atoms with E-state index < -0.39 is 0 Å². The molecule has 53 valence electrons. The van der Waals surface area contributed by atoms with Crippen LogP contribution >= 0.6 is 9.42 Å². The van der Waals surface area contributed by atoms with Gasteiger partial charge in [0.25, 0.3) is 0 Å². The molecule has 0 fully saturated rings. The van der Waals surface area contributed by atoms with Gasteiger partial charge in [0.1, 0.15) is 0 Å². The Morgan fingerprint density at radius 1 is 1.29 bits per heavy atom. The first-order chi connectivity index (χ1) is 2.41. The molecule has 0 aromatic carbocycles. The molecule has 7 heavy (non-hydrogen) atoms. The van der Waals surface area contributed by atoms with Gasteiger partial charge in [-0.15, -0.1) is 0 Å². The second kappa shape index (κ2) is 65.1. The molecule has 0 heterocycles. The maximum absolute atomic E-state index is 4.61. The van der Waals surface area contributed by atoms with E-state index >= 15 is 0 Å². The van der Waals surface area contributed by atoms with Gasteiger partial charge in [0.15, 0.2) is 0 Å². The Balaban J connectivity index is -0.0000000105. The van der Waals surface area contributed by atoms with Crippen molar-refractivity contribution in [2.45, 2.75) is 13.8 Å².